The number of hydrogen-bond acceptors (Lipinski definition) is 4. The number of rotatable bonds is 4. The number of nitrogens with zero attached hydrogens (tertiary/aromatic N) is 1. The Morgan fingerprint density at radius 2 is 1.83 bits per heavy atom. The Bertz CT molecular complexity index is 801. The number of amides is 1. The number of halogens is 1. The minimum Gasteiger partial charge on any atom is -0.494 e. The van der Waals surface area contributed by atoms with Crippen LogP contribution < -0.4 is 9.64 Å². The molecule has 2 aromatic carbocycles. The van der Waals surface area contributed by atoms with Crippen LogP contribution in [0.1, 0.15) is 12.5 Å². The molecule has 1 fully saturated rings. The smallest absolute Gasteiger partial charge is 0.270 e. The molecule has 3 rings (SSSR count). The second kappa shape index (κ2) is 7.38. The molecule has 1 heterocycles. The van der Waals surface area contributed by atoms with E-state index >= 15 is 0 Å². The predicted octanol–water partition coefficient (Wildman–Crippen LogP) is 5.14. The van der Waals surface area contributed by atoms with E-state index in [4.69, 9.17) is 28.6 Å². The first-order valence-electron chi connectivity index (χ1n) is 7.35. The molecule has 0 spiro atoms. The molecule has 0 atom stereocenters. The van der Waals surface area contributed by atoms with E-state index in [9.17, 15) is 4.79 Å². The molecule has 0 N–H and O–H groups in total. The van der Waals surface area contributed by atoms with Crippen molar-refractivity contribution in [3.05, 3.63) is 64.0 Å². The molecular formula is C18H14ClNO2S2. The van der Waals surface area contributed by atoms with Crippen LogP contribution in [-0.4, -0.2) is 16.8 Å². The van der Waals surface area contributed by atoms with Gasteiger partial charge >= 0.3 is 0 Å². The highest BCUT2D eigenvalue weighted by atomic mass is 35.5. The van der Waals surface area contributed by atoms with Crippen molar-refractivity contribution in [1.82, 2.24) is 0 Å². The predicted molar refractivity (Wildman–Crippen MR) is 105 cm³/mol. The van der Waals surface area contributed by atoms with Gasteiger partial charge in [0, 0.05) is 5.02 Å². The maximum atomic E-state index is 12.7. The van der Waals surface area contributed by atoms with Crippen LogP contribution in [0.4, 0.5) is 5.69 Å². The largest absolute Gasteiger partial charge is 0.494 e. The third kappa shape index (κ3) is 3.64. The van der Waals surface area contributed by atoms with Crippen molar-refractivity contribution in [2.75, 3.05) is 11.5 Å². The summed E-state index contributed by atoms with van der Waals surface area (Å²) in [4.78, 5) is 14.8. The van der Waals surface area contributed by atoms with E-state index in [0.29, 0.717) is 20.9 Å². The van der Waals surface area contributed by atoms with Gasteiger partial charge in [-0.25, -0.2) is 0 Å². The van der Waals surface area contributed by atoms with Crippen LogP contribution in [0.3, 0.4) is 0 Å². The number of carbonyl (C=O) groups excluding carboxylic acids is 1. The van der Waals surface area contributed by atoms with Crippen molar-refractivity contribution in [2.24, 2.45) is 0 Å². The van der Waals surface area contributed by atoms with Gasteiger partial charge in [-0.05, 0) is 55.0 Å². The van der Waals surface area contributed by atoms with Gasteiger partial charge < -0.3 is 4.74 Å². The van der Waals surface area contributed by atoms with Gasteiger partial charge in [-0.1, -0.05) is 47.7 Å². The minimum absolute atomic E-state index is 0.121. The van der Waals surface area contributed by atoms with Crippen molar-refractivity contribution < 1.29 is 9.53 Å². The van der Waals surface area contributed by atoms with Crippen molar-refractivity contribution in [2.45, 2.75) is 6.92 Å². The number of hydrogen-bond donors (Lipinski definition) is 0. The van der Waals surface area contributed by atoms with E-state index in [0.717, 1.165) is 17.0 Å². The quantitative estimate of drug-likeness (QED) is 0.546. The molecule has 0 bridgehead atoms. The van der Waals surface area contributed by atoms with Crippen LogP contribution in [0.15, 0.2) is 53.4 Å². The van der Waals surface area contributed by atoms with Crippen LogP contribution in [0.25, 0.3) is 6.08 Å². The molecule has 1 aliphatic heterocycles. The summed E-state index contributed by atoms with van der Waals surface area (Å²) in [7, 11) is 0. The van der Waals surface area contributed by atoms with Crippen LogP contribution in [0, 0.1) is 0 Å². The fraction of sp³-hybridized carbons (Fsp3) is 0.111. The molecule has 24 heavy (non-hydrogen) atoms. The van der Waals surface area contributed by atoms with Gasteiger partial charge in [-0.3, -0.25) is 9.69 Å². The number of carbonyl (C=O) groups is 1. The Morgan fingerprint density at radius 3 is 2.46 bits per heavy atom. The van der Waals surface area contributed by atoms with Gasteiger partial charge in [0.05, 0.1) is 17.2 Å². The maximum Gasteiger partial charge on any atom is 0.270 e. The highest BCUT2D eigenvalue weighted by Gasteiger charge is 2.33. The SMILES string of the molecule is CCOc1ccc(N2C(=O)/C(=C\c3ccc(Cl)cc3)SC2=S)cc1. The summed E-state index contributed by atoms with van der Waals surface area (Å²) in [5, 5.41) is 0.661. The summed E-state index contributed by atoms with van der Waals surface area (Å²) in [6.07, 6.45) is 1.82. The third-order valence-electron chi connectivity index (χ3n) is 3.37. The van der Waals surface area contributed by atoms with Gasteiger partial charge in [0.1, 0.15) is 5.75 Å². The van der Waals surface area contributed by atoms with Crippen molar-refractivity contribution in [3.8, 4) is 5.75 Å². The Hall–Kier alpha value is -1.82. The lowest BCUT2D eigenvalue weighted by atomic mass is 10.2. The summed E-state index contributed by atoms with van der Waals surface area (Å²) >= 11 is 12.6. The summed E-state index contributed by atoms with van der Waals surface area (Å²) in [6, 6.07) is 14.7. The molecular weight excluding hydrogens is 362 g/mol. The molecule has 0 unspecified atom stereocenters. The Morgan fingerprint density at radius 1 is 1.17 bits per heavy atom. The van der Waals surface area contributed by atoms with E-state index in [1.165, 1.54) is 16.7 Å². The normalized spacial score (nSPS) is 16.1. The lowest BCUT2D eigenvalue weighted by Gasteiger charge is -2.15. The number of anilines is 1. The first-order chi connectivity index (χ1) is 11.6. The standard InChI is InChI=1S/C18H14ClNO2S2/c1-2-22-15-9-7-14(8-10-15)20-17(21)16(24-18(20)23)11-12-3-5-13(19)6-4-12/h3-11H,2H2,1H3/b16-11+. The van der Waals surface area contributed by atoms with E-state index in [1.807, 2.05) is 49.4 Å². The average Bonchev–Trinajstić information content (AvgIpc) is 2.85. The first-order valence-corrected chi connectivity index (χ1v) is 8.95. The monoisotopic (exact) mass is 375 g/mol. The second-order valence-electron chi connectivity index (χ2n) is 5.00. The molecule has 0 saturated carbocycles. The van der Waals surface area contributed by atoms with E-state index in [-0.39, 0.29) is 5.91 Å². The fourth-order valence-electron chi connectivity index (χ4n) is 2.26. The molecule has 2 aromatic rings. The molecule has 1 saturated heterocycles. The first kappa shape index (κ1) is 17.0. The Labute approximate surface area is 155 Å². The Kier molecular flexibility index (Phi) is 5.23. The zero-order chi connectivity index (χ0) is 17.1. The topological polar surface area (TPSA) is 29.5 Å². The number of thiocarbonyl (C=S) groups is 1. The molecule has 1 aliphatic rings. The number of ether oxygens (including phenoxy) is 1. The molecule has 122 valence electrons. The van der Waals surface area contributed by atoms with Crippen LogP contribution in [0.5, 0.6) is 5.75 Å². The van der Waals surface area contributed by atoms with Crippen LogP contribution >= 0.6 is 35.6 Å². The van der Waals surface area contributed by atoms with Gasteiger partial charge in [0.25, 0.3) is 5.91 Å². The Balaban J connectivity index is 1.84. The third-order valence-corrected chi connectivity index (χ3v) is 4.92. The van der Waals surface area contributed by atoms with Gasteiger partial charge in [-0.15, -0.1) is 0 Å². The summed E-state index contributed by atoms with van der Waals surface area (Å²) in [5.41, 5.74) is 1.65. The van der Waals surface area contributed by atoms with Crippen molar-refractivity contribution in [3.63, 3.8) is 0 Å². The summed E-state index contributed by atoms with van der Waals surface area (Å²) in [5.74, 6) is 0.646. The molecule has 6 heteroatoms. The summed E-state index contributed by atoms with van der Waals surface area (Å²) < 4.78 is 5.94. The lowest BCUT2D eigenvalue weighted by molar-refractivity contribution is -0.113. The van der Waals surface area contributed by atoms with Crippen LogP contribution in [0.2, 0.25) is 5.02 Å². The lowest BCUT2D eigenvalue weighted by Crippen LogP contribution is -2.27. The number of thioether (sulfide) groups is 1. The second-order valence-corrected chi connectivity index (χ2v) is 7.11. The van der Waals surface area contributed by atoms with Gasteiger partial charge in [-0.2, -0.15) is 0 Å². The molecule has 0 aliphatic carbocycles. The van der Waals surface area contributed by atoms with Crippen molar-refractivity contribution in [1.29, 1.82) is 0 Å². The van der Waals surface area contributed by atoms with E-state index < -0.39 is 0 Å². The van der Waals surface area contributed by atoms with Gasteiger partial charge in [0.2, 0.25) is 0 Å². The van der Waals surface area contributed by atoms with Gasteiger partial charge in [0.15, 0.2) is 4.32 Å². The molecule has 0 radical (unpaired) electrons. The zero-order valence-electron chi connectivity index (χ0n) is 12.9. The van der Waals surface area contributed by atoms with Crippen LogP contribution in [-0.2, 0) is 4.79 Å². The minimum atomic E-state index is -0.121. The van der Waals surface area contributed by atoms with E-state index in [1.54, 1.807) is 12.1 Å². The average molecular weight is 376 g/mol. The maximum absolute atomic E-state index is 12.7. The highest BCUT2D eigenvalue weighted by molar-refractivity contribution is 8.27. The van der Waals surface area contributed by atoms with Crippen molar-refractivity contribution >= 4 is 57.6 Å². The summed E-state index contributed by atoms with van der Waals surface area (Å²) in [6.45, 7) is 2.53. The molecule has 3 nitrogen and oxygen atoms in total. The molecule has 0 aromatic heterocycles. The highest BCUT2D eigenvalue weighted by Crippen LogP contribution is 2.36. The van der Waals surface area contributed by atoms with E-state index in [2.05, 4.69) is 0 Å². The molecule has 1 amide bonds. The fourth-order valence-corrected chi connectivity index (χ4v) is 3.68. The number of benzene rings is 2. The zero-order valence-corrected chi connectivity index (χ0v) is 15.3.